The number of anilines is 1. The van der Waals surface area contributed by atoms with E-state index in [0.717, 1.165) is 11.4 Å². The second-order valence-corrected chi connectivity index (χ2v) is 13.3. The Kier molecular flexibility index (Phi) is 7.01. The Labute approximate surface area is 249 Å². The lowest BCUT2D eigenvalue weighted by atomic mass is 9.57. The number of ketones is 2. The Bertz CT molecular complexity index is 1630. The van der Waals surface area contributed by atoms with Crippen LogP contribution in [0.25, 0.3) is 5.76 Å². The number of carbonyl (C=O) groups excluding carboxylic acids is 3. The van der Waals surface area contributed by atoms with E-state index in [1.807, 2.05) is 56.6 Å². The molecule has 1 heterocycles. The summed E-state index contributed by atoms with van der Waals surface area (Å²) < 4.78 is 1.82. The minimum absolute atomic E-state index is 0.0335. The number of rotatable bonds is 5. The number of amides is 1. The zero-order valence-electron chi connectivity index (χ0n) is 25.5. The van der Waals surface area contributed by atoms with Gasteiger partial charge in [-0.25, -0.2) is 4.98 Å². The molecular weight excluding hydrogens is 554 g/mol. The van der Waals surface area contributed by atoms with Crippen molar-refractivity contribution in [2.75, 3.05) is 33.1 Å². The molecule has 0 radical (unpaired) electrons. The van der Waals surface area contributed by atoms with E-state index >= 15 is 0 Å². The number of phenolic OH excluding ortho intramolecular Hbond substituents is 1. The van der Waals surface area contributed by atoms with Gasteiger partial charge in [0, 0.05) is 48.4 Å². The molecule has 6 N–H and O–H groups in total. The summed E-state index contributed by atoms with van der Waals surface area (Å²) in [7, 11) is 6.81. The van der Waals surface area contributed by atoms with Crippen LogP contribution in [0.3, 0.4) is 0 Å². The Hall–Kier alpha value is -4.16. The van der Waals surface area contributed by atoms with Crippen LogP contribution in [-0.2, 0) is 32.8 Å². The quantitative estimate of drug-likeness (QED) is 0.319. The number of nitrogens with zero attached hydrogens (tertiary/aromatic N) is 4. The molecule has 3 aliphatic carbocycles. The van der Waals surface area contributed by atoms with Gasteiger partial charge in [-0.2, -0.15) is 0 Å². The molecular formula is C31H39N5O7. The standard InChI is InChI=1S/C31H39N5O7/c1-30(2,3)19-12-36(13-33-19)11-15-10-18(34(4)5)16-8-14-9-17-23(35(6)7)26(39)22(29(32)42)28(41)31(17,43)27(40)20(14)25(38)21(16)24(15)37/h10,12-14,17,23,37-38,41,43H,8-9,11H2,1-7H3,(H2,32,42)/t14-,17-,23?,31-/m0/s1. The number of likely N-dealkylation sites (N-methyl/N-ethyl adjacent to an activating group) is 1. The summed E-state index contributed by atoms with van der Waals surface area (Å²) in [6, 6.07) is 0.708. The van der Waals surface area contributed by atoms with Crippen LogP contribution in [0.4, 0.5) is 5.69 Å². The highest BCUT2D eigenvalue weighted by atomic mass is 16.3. The monoisotopic (exact) mass is 593 g/mol. The summed E-state index contributed by atoms with van der Waals surface area (Å²) >= 11 is 0. The van der Waals surface area contributed by atoms with Crippen molar-refractivity contribution in [2.45, 2.75) is 57.2 Å². The zero-order valence-corrected chi connectivity index (χ0v) is 25.5. The van der Waals surface area contributed by atoms with Crippen molar-refractivity contribution in [3.05, 3.63) is 57.9 Å². The lowest BCUT2D eigenvalue weighted by Gasteiger charge is -2.50. The molecule has 1 fully saturated rings. The van der Waals surface area contributed by atoms with E-state index in [-0.39, 0.29) is 41.7 Å². The number of fused-ring (bicyclic) bond motifs is 3. The third-order valence-electron chi connectivity index (χ3n) is 9.01. The number of aliphatic hydroxyl groups excluding tert-OH is 2. The normalized spacial score (nSPS) is 25.6. The first-order valence-corrected chi connectivity index (χ1v) is 14.1. The maximum Gasteiger partial charge on any atom is 0.255 e. The Morgan fingerprint density at radius 2 is 1.81 bits per heavy atom. The minimum atomic E-state index is -2.68. The van der Waals surface area contributed by atoms with Gasteiger partial charge in [0.1, 0.15) is 22.8 Å². The molecule has 0 spiro atoms. The molecule has 0 saturated heterocycles. The molecule has 4 atom stereocenters. The average molecular weight is 594 g/mol. The highest BCUT2D eigenvalue weighted by Gasteiger charge is 2.64. The van der Waals surface area contributed by atoms with Gasteiger partial charge < -0.3 is 35.6 Å². The molecule has 12 heteroatoms. The third-order valence-corrected chi connectivity index (χ3v) is 9.01. The molecule has 1 unspecified atom stereocenters. The van der Waals surface area contributed by atoms with Gasteiger partial charge in [-0.1, -0.05) is 20.8 Å². The van der Waals surface area contributed by atoms with Gasteiger partial charge in [-0.15, -0.1) is 0 Å². The summed E-state index contributed by atoms with van der Waals surface area (Å²) in [5.41, 5.74) is 4.26. The van der Waals surface area contributed by atoms with Gasteiger partial charge in [0.05, 0.1) is 30.2 Å². The molecule has 1 saturated carbocycles. The summed E-state index contributed by atoms with van der Waals surface area (Å²) in [4.78, 5) is 47.5. The number of primary amides is 1. The second-order valence-electron chi connectivity index (χ2n) is 13.3. The van der Waals surface area contributed by atoms with E-state index in [1.54, 1.807) is 20.4 Å². The number of aromatic nitrogens is 2. The molecule has 1 amide bonds. The van der Waals surface area contributed by atoms with Gasteiger partial charge in [-0.05, 0) is 44.5 Å². The number of phenols is 1. The topological polar surface area (TPSA) is 182 Å². The first-order valence-electron chi connectivity index (χ1n) is 14.1. The van der Waals surface area contributed by atoms with Crippen molar-refractivity contribution in [1.82, 2.24) is 14.5 Å². The van der Waals surface area contributed by atoms with Gasteiger partial charge in [0.25, 0.3) is 5.91 Å². The third kappa shape index (κ3) is 4.42. The SMILES string of the molecule is CN(C)c1cc(Cn2cnc(C(C)(C)C)c2)c(O)c2c1C[C@H]1C[C@H]3C(N(C)C)C(=O)C(C(N)=O)=C(O)[C@@]3(O)C(=O)C1=C2O. The summed E-state index contributed by atoms with van der Waals surface area (Å²) in [5.74, 6) is -6.69. The number of hydrogen-bond donors (Lipinski definition) is 5. The lowest BCUT2D eigenvalue weighted by molar-refractivity contribution is -0.153. The van der Waals surface area contributed by atoms with Gasteiger partial charge in [0.2, 0.25) is 5.78 Å². The van der Waals surface area contributed by atoms with Crippen LogP contribution in [0.1, 0.15) is 49.6 Å². The number of Topliss-reactive ketones (excluding diaryl/α,β-unsaturated/α-hetero) is 2. The maximum absolute atomic E-state index is 14.1. The van der Waals surface area contributed by atoms with Gasteiger partial charge in [-0.3, -0.25) is 19.3 Å². The van der Waals surface area contributed by atoms with Crippen molar-refractivity contribution >= 4 is 28.9 Å². The van der Waals surface area contributed by atoms with E-state index in [0.29, 0.717) is 11.1 Å². The summed E-state index contributed by atoms with van der Waals surface area (Å²) in [6.07, 6.45) is 3.81. The van der Waals surface area contributed by atoms with Gasteiger partial charge in [0.15, 0.2) is 11.4 Å². The predicted molar refractivity (Wildman–Crippen MR) is 159 cm³/mol. The zero-order chi connectivity index (χ0) is 31.9. The Morgan fingerprint density at radius 3 is 2.35 bits per heavy atom. The maximum atomic E-state index is 14.1. The molecule has 5 rings (SSSR count). The molecule has 43 heavy (non-hydrogen) atoms. The number of hydrogen-bond acceptors (Lipinski definition) is 10. The van der Waals surface area contributed by atoms with Crippen LogP contribution in [0.5, 0.6) is 5.75 Å². The molecule has 1 aromatic carbocycles. The summed E-state index contributed by atoms with van der Waals surface area (Å²) in [5, 5.41) is 46.1. The molecule has 2 aromatic rings. The van der Waals surface area contributed by atoms with Crippen LogP contribution < -0.4 is 10.6 Å². The van der Waals surface area contributed by atoms with Crippen molar-refractivity contribution in [3.63, 3.8) is 0 Å². The number of imidazole rings is 1. The van der Waals surface area contributed by atoms with E-state index in [4.69, 9.17) is 5.73 Å². The molecule has 230 valence electrons. The number of aromatic hydroxyl groups is 1. The van der Waals surface area contributed by atoms with E-state index in [9.17, 15) is 34.8 Å². The predicted octanol–water partition coefficient (Wildman–Crippen LogP) is 1.57. The highest BCUT2D eigenvalue weighted by Crippen LogP contribution is 2.54. The largest absolute Gasteiger partial charge is 0.508 e. The van der Waals surface area contributed by atoms with Crippen molar-refractivity contribution in [3.8, 4) is 5.75 Å². The van der Waals surface area contributed by atoms with Crippen molar-refractivity contribution in [2.24, 2.45) is 17.6 Å². The van der Waals surface area contributed by atoms with Crippen LogP contribution in [0.2, 0.25) is 0 Å². The van der Waals surface area contributed by atoms with E-state index in [1.165, 1.54) is 4.90 Å². The van der Waals surface area contributed by atoms with E-state index < -0.39 is 58.0 Å². The first kappa shape index (κ1) is 30.3. The van der Waals surface area contributed by atoms with Gasteiger partial charge >= 0.3 is 0 Å². The minimum Gasteiger partial charge on any atom is -0.508 e. The lowest BCUT2D eigenvalue weighted by Crippen LogP contribution is -2.65. The van der Waals surface area contributed by atoms with Crippen molar-refractivity contribution in [1.29, 1.82) is 0 Å². The van der Waals surface area contributed by atoms with Crippen molar-refractivity contribution < 1.29 is 34.8 Å². The fourth-order valence-corrected chi connectivity index (χ4v) is 6.90. The smallest absolute Gasteiger partial charge is 0.255 e. The van der Waals surface area contributed by atoms with Crippen LogP contribution in [0, 0.1) is 11.8 Å². The molecule has 0 aliphatic heterocycles. The Morgan fingerprint density at radius 1 is 1.16 bits per heavy atom. The summed E-state index contributed by atoms with van der Waals surface area (Å²) in [6.45, 7) is 6.36. The average Bonchev–Trinajstić information content (AvgIpc) is 3.36. The number of aliphatic hydroxyl groups is 3. The Balaban J connectivity index is 1.69. The first-order chi connectivity index (χ1) is 19.9. The van der Waals surface area contributed by atoms with E-state index in [2.05, 4.69) is 4.98 Å². The second kappa shape index (κ2) is 9.95. The molecule has 0 bridgehead atoms. The molecule has 3 aliphatic rings. The number of nitrogens with two attached hydrogens (primary N) is 1. The molecule has 1 aromatic heterocycles. The molecule has 12 nitrogen and oxygen atoms in total. The van der Waals surface area contributed by atoms with Crippen LogP contribution in [-0.4, -0.2) is 92.2 Å². The number of carbonyl (C=O) groups is 3. The fraction of sp³-hybridized carbons (Fsp3) is 0.484. The number of benzene rings is 1. The van der Waals surface area contributed by atoms with Crippen LogP contribution in [0.15, 0.2) is 35.5 Å². The fourth-order valence-electron chi connectivity index (χ4n) is 6.90. The van der Waals surface area contributed by atoms with Crippen LogP contribution >= 0.6 is 0 Å². The highest BCUT2D eigenvalue weighted by molar-refractivity contribution is 6.24.